The zero-order valence-electron chi connectivity index (χ0n) is 18.5. The first kappa shape index (κ1) is 21.9. The molecule has 0 amide bonds. The summed E-state index contributed by atoms with van der Waals surface area (Å²) in [5.74, 6) is 0.300. The molecule has 1 atom stereocenters. The summed E-state index contributed by atoms with van der Waals surface area (Å²) in [5, 5.41) is 5.51. The molecule has 0 spiro atoms. The van der Waals surface area contributed by atoms with Crippen LogP contribution in [0.2, 0.25) is 0 Å². The lowest BCUT2D eigenvalue weighted by atomic mass is 9.98. The van der Waals surface area contributed by atoms with Crippen molar-refractivity contribution in [3.8, 4) is 0 Å². The maximum atomic E-state index is 12.6. The number of nitrogens with one attached hydrogen (secondary N) is 1. The van der Waals surface area contributed by atoms with E-state index in [2.05, 4.69) is 39.6 Å². The highest BCUT2D eigenvalue weighted by Crippen LogP contribution is 2.21. The van der Waals surface area contributed by atoms with Crippen LogP contribution >= 0.6 is 0 Å². The number of fused-ring (bicyclic) bond motifs is 1. The number of benzene rings is 1. The first-order chi connectivity index (χ1) is 14.8. The SMILES string of the molecule is Cc1ccc(S(=O)(=O)NCC2CCCN(Cc3cnc4c(cnn4C(C)C)c3)C2)cc1. The third kappa shape index (κ3) is 5.14. The highest BCUT2D eigenvalue weighted by atomic mass is 32.2. The molecule has 1 aliphatic rings. The molecule has 0 saturated carbocycles. The van der Waals surface area contributed by atoms with Gasteiger partial charge in [0, 0.05) is 37.3 Å². The van der Waals surface area contributed by atoms with E-state index < -0.39 is 10.0 Å². The Bertz CT molecular complexity index is 1140. The number of hydrogen-bond acceptors (Lipinski definition) is 5. The van der Waals surface area contributed by atoms with Gasteiger partial charge in [0.1, 0.15) is 0 Å². The van der Waals surface area contributed by atoms with Crippen molar-refractivity contribution in [3.05, 3.63) is 53.9 Å². The van der Waals surface area contributed by atoms with Crippen LogP contribution in [0.3, 0.4) is 0 Å². The van der Waals surface area contributed by atoms with E-state index in [-0.39, 0.29) is 6.04 Å². The quantitative estimate of drug-likeness (QED) is 0.607. The number of aryl methyl sites for hydroxylation is 1. The molecule has 0 aliphatic carbocycles. The first-order valence-corrected chi connectivity index (χ1v) is 12.4. The molecular formula is C23H31N5O2S. The van der Waals surface area contributed by atoms with Crippen molar-refractivity contribution in [2.45, 2.75) is 51.1 Å². The molecule has 4 rings (SSSR count). The van der Waals surface area contributed by atoms with Crippen LogP contribution < -0.4 is 4.72 Å². The van der Waals surface area contributed by atoms with Crippen molar-refractivity contribution in [2.75, 3.05) is 19.6 Å². The molecule has 1 N–H and O–H groups in total. The average Bonchev–Trinajstić information content (AvgIpc) is 3.17. The zero-order chi connectivity index (χ0) is 22.0. The summed E-state index contributed by atoms with van der Waals surface area (Å²) in [6.45, 7) is 9.32. The van der Waals surface area contributed by atoms with Gasteiger partial charge in [-0.2, -0.15) is 5.10 Å². The predicted molar refractivity (Wildman–Crippen MR) is 122 cm³/mol. The van der Waals surface area contributed by atoms with Crippen molar-refractivity contribution in [2.24, 2.45) is 5.92 Å². The topological polar surface area (TPSA) is 80.1 Å². The number of likely N-dealkylation sites (tertiary alicyclic amines) is 1. The number of rotatable bonds is 7. The van der Waals surface area contributed by atoms with E-state index in [0.29, 0.717) is 17.4 Å². The normalized spacial score (nSPS) is 18.1. The van der Waals surface area contributed by atoms with Crippen LogP contribution in [0.4, 0.5) is 0 Å². The van der Waals surface area contributed by atoms with Gasteiger partial charge in [-0.25, -0.2) is 22.8 Å². The minimum Gasteiger partial charge on any atom is -0.299 e. The number of hydrogen-bond donors (Lipinski definition) is 1. The van der Waals surface area contributed by atoms with Crippen LogP contribution in [0, 0.1) is 12.8 Å². The monoisotopic (exact) mass is 441 g/mol. The smallest absolute Gasteiger partial charge is 0.240 e. The maximum absolute atomic E-state index is 12.6. The molecule has 3 aromatic rings. The number of pyridine rings is 1. The van der Waals surface area contributed by atoms with E-state index in [1.54, 1.807) is 12.1 Å². The Labute approximate surface area is 184 Å². The van der Waals surface area contributed by atoms with Crippen LogP contribution in [0.15, 0.2) is 47.6 Å². The second-order valence-corrected chi connectivity index (χ2v) is 10.6. The minimum absolute atomic E-state index is 0.280. The van der Waals surface area contributed by atoms with Gasteiger partial charge in [0.25, 0.3) is 0 Å². The number of sulfonamides is 1. The van der Waals surface area contributed by atoms with Crippen molar-refractivity contribution in [1.29, 1.82) is 0 Å². The Morgan fingerprint density at radius 1 is 1.19 bits per heavy atom. The molecule has 1 fully saturated rings. The summed E-state index contributed by atoms with van der Waals surface area (Å²) in [6, 6.07) is 9.42. The average molecular weight is 442 g/mol. The molecule has 1 unspecified atom stereocenters. The molecule has 8 heteroatoms. The van der Waals surface area contributed by atoms with E-state index in [1.807, 2.05) is 36.1 Å². The lowest BCUT2D eigenvalue weighted by molar-refractivity contribution is 0.169. The molecule has 1 aromatic carbocycles. The van der Waals surface area contributed by atoms with Crippen molar-refractivity contribution in [3.63, 3.8) is 0 Å². The molecule has 7 nitrogen and oxygen atoms in total. The highest BCUT2D eigenvalue weighted by molar-refractivity contribution is 7.89. The van der Waals surface area contributed by atoms with Crippen molar-refractivity contribution >= 4 is 21.1 Å². The van der Waals surface area contributed by atoms with Gasteiger partial charge in [0.15, 0.2) is 5.65 Å². The van der Waals surface area contributed by atoms with Gasteiger partial charge < -0.3 is 0 Å². The molecule has 2 aromatic heterocycles. The minimum atomic E-state index is -3.47. The van der Waals surface area contributed by atoms with E-state index in [1.165, 1.54) is 0 Å². The molecule has 0 radical (unpaired) electrons. The van der Waals surface area contributed by atoms with Crippen LogP contribution in [-0.2, 0) is 16.6 Å². The molecule has 3 heterocycles. The number of nitrogens with zero attached hydrogens (tertiary/aromatic N) is 4. The van der Waals surface area contributed by atoms with Gasteiger partial charge >= 0.3 is 0 Å². The Morgan fingerprint density at radius 2 is 1.97 bits per heavy atom. The van der Waals surface area contributed by atoms with E-state index in [4.69, 9.17) is 0 Å². The first-order valence-electron chi connectivity index (χ1n) is 10.9. The number of aromatic nitrogens is 3. The van der Waals surface area contributed by atoms with E-state index in [0.717, 1.165) is 54.6 Å². The second kappa shape index (κ2) is 9.06. The third-order valence-electron chi connectivity index (χ3n) is 5.88. The third-order valence-corrected chi connectivity index (χ3v) is 7.32. The lowest BCUT2D eigenvalue weighted by Crippen LogP contribution is -2.40. The van der Waals surface area contributed by atoms with Crippen LogP contribution in [-0.4, -0.2) is 47.7 Å². The summed E-state index contributed by atoms with van der Waals surface area (Å²) >= 11 is 0. The lowest BCUT2D eigenvalue weighted by Gasteiger charge is -2.32. The summed E-state index contributed by atoms with van der Waals surface area (Å²) in [4.78, 5) is 7.36. The Balaban J connectivity index is 1.36. The van der Waals surface area contributed by atoms with Crippen LogP contribution in [0.25, 0.3) is 11.0 Å². The van der Waals surface area contributed by atoms with Gasteiger partial charge in [0.05, 0.1) is 11.1 Å². The maximum Gasteiger partial charge on any atom is 0.240 e. The fraction of sp³-hybridized carbons (Fsp3) is 0.478. The Kier molecular flexibility index (Phi) is 6.41. The fourth-order valence-electron chi connectivity index (χ4n) is 4.20. The second-order valence-electron chi connectivity index (χ2n) is 8.85. The summed E-state index contributed by atoms with van der Waals surface area (Å²) in [7, 11) is -3.47. The predicted octanol–water partition coefficient (Wildman–Crippen LogP) is 3.51. The Hall–Kier alpha value is -2.29. The fourth-order valence-corrected chi connectivity index (χ4v) is 5.31. The largest absolute Gasteiger partial charge is 0.299 e. The van der Waals surface area contributed by atoms with Crippen LogP contribution in [0.5, 0.6) is 0 Å². The van der Waals surface area contributed by atoms with Gasteiger partial charge in [-0.15, -0.1) is 0 Å². The van der Waals surface area contributed by atoms with E-state index >= 15 is 0 Å². The zero-order valence-corrected chi connectivity index (χ0v) is 19.3. The number of piperidine rings is 1. The van der Waals surface area contributed by atoms with Gasteiger partial charge in [0.2, 0.25) is 10.0 Å². The Morgan fingerprint density at radius 3 is 2.71 bits per heavy atom. The molecule has 1 aliphatic heterocycles. The highest BCUT2D eigenvalue weighted by Gasteiger charge is 2.23. The van der Waals surface area contributed by atoms with Crippen molar-refractivity contribution < 1.29 is 8.42 Å². The van der Waals surface area contributed by atoms with Gasteiger partial charge in [-0.3, -0.25) is 4.90 Å². The standard InChI is InChI=1S/C23H31N5O2S/c1-17(2)28-23-21(14-25-28)11-20(12-24-23)16-27-10-4-5-19(15-27)13-26-31(29,30)22-8-6-18(3)7-9-22/h6-9,11-12,14,17,19,26H,4-5,10,13,15-16H2,1-3H3. The molecule has 31 heavy (non-hydrogen) atoms. The summed E-state index contributed by atoms with van der Waals surface area (Å²) in [5.41, 5.74) is 3.13. The van der Waals surface area contributed by atoms with Crippen LogP contribution in [0.1, 0.15) is 43.9 Å². The summed E-state index contributed by atoms with van der Waals surface area (Å²) in [6.07, 6.45) is 5.92. The summed E-state index contributed by atoms with van der Waals surface area (Å²) < 4.78 is 29.9. The van der Waals surface area contributed by atoms with E-state index in [9.17, 15) is 8.42 Å². The molecule has 1 saturated heterocycles. The molecule has 0 bridgehead atoms. The van der Waals surface area contributed by atoms with Crippen molar-refractivity contribution in [1.82, 2.24) is 24.4 Å². The van der Waals surface area contributed by atoms with Gasteiger partial charge in [-0.05, 0) is 69.8 Å². The van der Waals surface area contributed by atoms with Gasteiger partial charge in [-0.1, -0.05) is 17.7 Å². The molecular weight excluding hydrogens is 410 g/mol. The molecule has 166 valence electrons.